The quantitative estimate of drug-likeness (QED) is 0.829. The first-order valence-electron chi connectivity index (χ1n) is 6.34. The Kier molecular flexibility index (Phi) is 4.73. The molecule has 2 atom stereocenters. The Bertz CT molecular complexity index is 317. The van der Waals surface area contributed by atoms with Crippen LogP contribution in [0.1, 0.15) is 40.5 Å². The topological polar surface area (TPSA) is 66.8 Å². The van der Waals surface area contributed by atoms with Crippen molar-refractivity contribution in [3.8, 4) is 0 Å². The minimum Gasteiger partial charge on any atom is -0.481 e. The molecule has 1 amide bonds. The fourth-order valence-corrected chi connectivity index (χ4v) is 2.37. The van der Waals surface area contributed by atoms with Crippen LogP contribution in [0, 0.1) is 5.41 Å². The molecule has 0 bridgehead atoms. The molecule has 1 heterocycles. The van der Waals surface area contributed by atoms with Crippen molar-refractivity contribution >= 4 is 11.9 Å². The summed E-state index contributed by atoms with van der Waals surface area (Å²) in [5, 5.41) is 8.81. The summed E-state index contributed by atoms with van der Waals surface area (Å²) in [5.41, 5.74) is -0.506. The molecule has 1 saturated heterocycles. The van der Waals surface area contributed by atoms with Crippen molar-refractivity contribution in [2.75, 3.05) is 13.1 Å². The summed E-state index contributed by atoms with van der Waals surface area (Å²) in [6.07, 6.45) is 0.355. The lowest BCUT2D eigenvalue weighted by Gasteiger charge is -2.37. The van der Waals surface area contributed by atoms with Gasteiger partial charge < -0.3 is 14.7 Å². The zero-order valence-electron chi connectivity index (χ0n) is 11.6. The molecule has 0 aromatic carbocycles. The van der Waals surface area contributed by atoms with E-state index in [1.54, 1.807) is 4.90 Å². The van der Waals surface area contributed by atoms with Gasteiger partial charge in [0.1, 0.15) is 0 Å². The van der Waals surface area contributed by atoms with Gasteiger partial charge in [-0.05, 0) is 19.3 Å². The van der Waals surface area contributed by atoms with Crippen molar-refractivity contribution in [1.29, 1.82) is 0 Å². The smallest absolute Gasteiger partial charge is 0.303 e. The summed E-state index contributed by atoms with van der Waals surface area (Å²) in [5.74, 6) is -0.847. The van der Waals surface area contributed by atoms with Gasteiger partial charge in [-0.25, -0.2) is 0 Å². The number of hydrogen-bond acceptors (Lipinski definition) is 3. The van der Waals surface area contributed by atoms with Gasteiger partial charge in [0.2, 0.25) is 5.91 Å². The van der Waals surface area contributed by atoms with Crippen molar-refractivity contribution in [2.24, 2.45) is 5.41 Å². The molecule has 18 heavy (non-hydrogen) atoms. The highest BCUT2D eigenvalue weighted by Gasteiger charge is 2.31. The number of rotatable bonds is 4. The van der Waals surface area contributed by atoms with Gasteiger partial charge in [-0.15, -0.1) is 0 Å². The Labute approximate surface area is 108 Å². The van der Waals surface area contributed by atoms with Crippen molar-refractivity contribution < 1.29 is 19.4 Å². The lowest BCUT2D eigenvalue weighted by Crippen LogP contribution is -2.49. The molecule has 0 aromatic rings. The van der Waals surface area contributed by atoms with Crippen molar-refractivity contribution in [1.82, 2.24) is 4.90 Å². The van der Waals surface area contributed by atoms with E-state index in [0.717, 1.165) is 0 Å². The van der Waals surface area contributed by atoms with Gasteiger partial charge in [-0.1, -0.05) is 13.8 Å². The van der Waals surface area contributed by atoms with Gasteiger partial charge in [0.25, 0.3) is 0 Å². The molecule has 1 aliphatic rings. The molecule has 1 rings (SSSR count). The lowest BCUT2D eigenvalue weighted by atomic mass is 9.85. The zero-order valence-corrected chi connectivity index (χ0v) is 11.6. The number of amides is 1. The van der Waals surface area contributed by atoms with Gasteiger partial charge in [-0.3, -0.25) is 9.59 Å². The maximum atomic E-state index is 12.2. The van der Waals surface area contributed by atoms with Gasteiger partial charge in [0, 0.05) is 19.5 Å². The molecule has 0 saturated carbocycles. The summed E-state index contributed by atoms with van der Waals surface area (Å²) in [6.45, 7) is 8.69. The highest BCUT2D eigenvalue weighted by molar-refractivity contribution is 5.78. The van der Waals surface area contributed by atoms with Crippen LogP contribution in [0.15, 0.2) is 0 Å². The molecular formula is C13H23NO4. The molecule has 5 heteroatoms. The van der Waals surface area contributed by atoms with Crippen LogP contribution >= 0.6 is 0 Å². The number of ether oxygens (including phenoxy) is 1. The number of carbonyl (C=O) groups excluding carboxylic acids is 1. The fraction of sp³-hybridized carbons (Fsp3) is 0.846. The second-order valence-electron chi connectivity index (χ2n) is 5.97. The second kappa shape index (κ2) is 5.69. The predicted octanol–water partition coefficient (Wildman–Crippen LogP) is 1.51. The van der Waals surface area contributed by atoms with Gasteiger partial charge in [0.05, 0.1) is 18.6 Å². The van der Waals surface area contributed by atoms with Gasteiger partial charge >= 0.3 is 5.97 Å². The molecule has 1 N–H and O–H groups in total. The van der Waals surface area contributed by atoms with Crippen molar-refractivity contribution in [3.05, 3.63) is 0 Å². The second-order valence-corrected chi connectivity index (χ2v) is 5.97. The first kappa shape index (κ1) is 15.0. The number of morpholine rings is 1. The highest BCUT2D eigenvalue weighted by atomic mass is 16.5. The Morgan fingerprint density at radius 2 is 1.72 bits per heavy atom. The lowest BCUT2D eigenvalue weighted by molar-refractivity contribution is -0.146. The summed E-state index contributed by atoms with van der Waals surface area (Å²) < 4.78 is 5.57. The van der Waals surface area contributed by atoms with E-state index in [2.05, 4.69) is 0 Å². The van der Waals surface area contributed by atoms with E-state index >= 15 is 0 Å². The van der Waals surface area contributed by atoms with E-state index in [-0.39, 0.29) is 31.0 Å². The fourth-order valence-electron chi connectivity index (χ4n) is 2.37. The predicted molar refractivity (Wildman–Crippen MR) is 67.2 cm³/mol. The number of aliphatic carboxylic acids is 1. The normalized spacial score (nSPS) is 25.0. The molecule has 1 fully saturated rings. The molecule has 2 unspecified atom stereocenters. The maximum Gasteiger partial charge on any atom is 0.303 e. The minimum atomic E-state index is -0.864. The molecule has 1 aliphatic heterocycles. The van der Waals surface area contributed by atoms with Crippen LogP contribution in [-0.2, 0) is 14.3 Å². The Balaban J connectivity index is 2.56. The number of hydrogen-bond donors (Lipinski definition) is 1. The number of carboxylic acid groups (broad SMARTS) is 1. The first-order valence-corrected chi connectivity index (χ1v) is 6.34. The SMILES string of the molecule is CC1CN(C(=O)CC(C)(C)CC(=O)O)CC(C)O1. The Hall–Kier alpha value is -1.10. The van der Waals surface area contributed by atoms with Crippen LogP contribution in [0.25, 0.3) is 0 Å². The average molecular weight is 257 g/mol. The molecule has 0 aliphatic carbocycles. The van der Waals surface area contributed by atoms with Crippen LogP contribution in [0.5, 0.6) is 0 Å². The van der Waals surface area contributed by atoms with E-state index in [0.29, 0.717) is 13.1 Å². The van der Waals surface area contributed by atoms with Crippen molar-refractivity contribution in [2.45, 2.75) is 52.7 Å². The summed E-state index contributed by atoms with van der Waals surface area (Å²) in [7, 11) is 0. The highest BCUT2D eigenvalue weighted by Crippen LogP contribution is 2.26. The van der Waals surface area contributed by atoms with Crippen LogP contribution in [0.4, 0.5) is 0 Å². The maximum absolute atomic E-state index is 12.2. The third-order valence-electron chi connectivity index (χ3n) is 3.03. The van der Waals surface area contributed by atoms with E-state index in [1.165, 1.54) is 0 Å². The van der Waals surface area contributed by atoms with E-state index in [9.17, 15) is 9.59 Å². The summed E-state index contributed by atoms with van der Waals surface area (Å²) in [6, 6.07) is 0. The monoisotopic (exact) mass is 257 g/mol. The van der Waals surface area contributed by atoms with Crippen LogP contribution in [0.3, 0.4) is 0 Å². The van der Waals surface area contributed by atoms with Gasteiger partial charge in [-0.2, -0.15) is 0 Å². The van der Waals surface area contributed by atoms with Crippen LogP contribution in [-0.4, -0.2) is 47.2 Å². The molecule has 0 spiro atoms. The third kappa shape index (κ3) is 4.64. The van der Waals surface area contributed by atoms with E-state index < -0.39 is 11.4 Å². The van der Waals surface area contributed by atoms with E-state index in [4.69, 9.17) is 9.84 Å². The molecule has 0 radical (unpaired) electrons. The molecule has 5 nitrogen and oxygen atoms in total. The van der Waals surface area contributed by atoms with Gasteiger partial charge in [0.15, 0.2) is 0 Å². The number of nitrogens with zero attached hydrogens (tertiary/aromatic N) is 1. The number of carbonyl (C=O) groups is 2. The van der Waals surface area contributed by atoms with Crippen LogP contribution < -0.4 is 0 Å². The summed E-state index contributed by atoms with van der Waals surface area (Å²) >= 11 is 0. The van der Waals surface area contributed by atoms with E-state index in [1.807, 2.05) is 27.7 Å². The Morgan fingerprint density at radius 1 is 1.22 bits per heavy atom. The summed E-state index contributed by atoms with van der Waals surface area (Å²) in [4.78, 5) is 24.7. The number of carboxylic acids is 1. The minimum absolute atomic E-state index is 0.00812. The first-order chi connectivity index (χ1) is 8.19. The largest absolute Gasteiger partial charge is 0.481 e. The molecule has 0 aromatic heterocycles. The van der Waals surface area contributed by atoms with Crippen molar-refractivity contribution in [3.63, 3.8) is 0 Å². The standard InChI is InChI=1S/C13H23NO4/c1-9-7-14(8-10(2)18-9)11(15)5-13(3,4)6-12(16)17/h9-10H,5-8H2,1-4H3,(H,16,17). The average Bonchev–Trinajstić information content (AvgIpc) is 2.12. The zero-order chi connectivity index (χ0) is 13.9. The third-order valence-corrected chi connectivity index (χ3v) is 3.03. The molecule has 104 valence electrons. The molecular weight excluding hydrogens is 234 g/mol. The Morgan fingerprint density at radius 3 is 2.17 bits per heavy atom. The van der Waals surface area contributed by atoms with Crippen LogP contribution in [0.2, 0.25) is 0 Å².